The third-order valence-electron chi connectivity index (χ3n) is 11.9. The molecule has 0 aliphatic rings. The number of nitrogen functional groups attached to an aromatic ring is 1. The predicted molar refractivity (Wildman–Crippen MR) is 214 cm³/mol. The average molecular weight is 616 g/mol. The van der Waals surface area contributed by atoms with Crippen molar-refractivity contribution in [2.75, 3.05) is 5.73 Å². The van der Waals surface area contributed by atoms with Crippen molar-refractivity contribution < 1.29 is 0 Å². The van der Waals surface area contributed by atoms with Crippen LogP contribution in [0.5, 0.6) is 0 Å². The van der Waals surface area contributed by atoms with Gasteiger partial charge in [0.05, 0.1) is 0 Å². The first-order chi connectivity index (χ1) is 24.3. The van der Waals surface area contributed by atoms with Gasteiger partial charge in [-0.25, -0.2) is 0 Å². The monoisotopic (exact) mass is 615 g/mol. The molecule has 1 heteroatoms. The molecule has 0 amide bonds. The van der Waals surface area contributed by atoms with E-state index in [1.165, 1.54) is 124 Å². The SMILES string of the molecule is Nc1cccc2c1c1c3ccccc3c3c4ccccc4c4c5ccccc5c5c6ccccc6c6c7ccccc7c2c2c6c5c4c3c12. The van der Waals surface area contributed by atoms with Crippen LogP contribution in [0.4, 0.5) is 5.69 Å². The third-order valence-corrected chi connectivity index (χ3v) is 11.9. The maximum Gasteiger partial charge on any atom is 0.0400 e. The topological polar surface area (TPSA) is 26.0 Å². The molecule has 0 aliphatic carbocycles. The van der Waals surface area contributed by atoms with E-state index >= 15 is 0 Å². The molecule has 13 rings (SSSR count). The summed E-state index contributed by atoms with van der Waals surface area (Å²) in [6, 6.07) is 52.1. The highest BCUT2D eigenvalue weighted by Gasteiger charge is 2.30. The fraction of sp³-hybridized carbons (Fsp3) is 0. The molecule has 0 heterocycles. The van der Waals surface area contributed by atoms with Gasteiger partial charge in [0.15, 0.2) is 0 Å². The molecule has 0 radical (unpaired) electrons. The molecule has 0 fully saturated rings. The van der Waals surface area contributed by atoms with Crippen LogP contribution >= 0.6 is 0 Å². The standard InChI is InChI=1S/C48H25N/c49-35-23-11-22-34-40-31-19-8-7-18-30(31)38-27-15-4-2-13-25(27)36-24-12-1-3-14-26(24)37-28-16-5-6-17-29(28)39-32-20-9-10-21-33(32)42(41(34)35)48-46(39)44(37)43(36)45(38)47(40)48/h1-23H,49H2. The number of nitrogens with two attached hydrogens (primary N) is 1. The van der Waals surface area contributed by atoms with E-state index in [1.54, 1.807) is 0 Å². The lowest BCUT2D eigenvalue weighted by molar-refractivity contribution is 1.78. The maximum atomic E-state index is 7.11. The van der Waals surface area contributed by atoms with E-state index in [9.17, 15) is 0 Å². The Morgan fingerprint density at radius 3 is 0.714 bits per heavy atom. The van der Waals surface area contributed by atoms with Crippen LogP contribution < -0.4 is 5.73 Å². The minimum atomic E-state index is 0.832. The quantitative estimate of drug-likeness (QED) is 0.103. The van der Waals surface area contributed by atoms with Crippen LogP contribution in [0.25, 0.3) is 129 Å². The predicted octanol–water partition coefficient (Wildman–Crippen LogP) is 13.4. The molecule has 49 heavy (non-hydrogen) atoms. The number of benzene rings is 13. The zero-order valence-corrected chi connectivity index (χ0v) is 26.4. The zero-order valence-electron chi connectivity index (χ0n) is 26.4. The summed E-state index contributed by atoms with van der Waals surface area (Å²) in [5.74, 6) is 0. The summed E-state index contributed by atoms with van der Waals surface area (Å²) in [6.07, 6.45) is 0. The second-order valence-corrected chi connectivity index (χ2v) is 14.0. The Hall–Kier alpha value is -6.44. The molecule has 1 nitrogen and oxygen atoms in total. The second-order valence-electron chi connectivity index (χ2n) is 14.0. The summed E-state index contributed by atoms with van der Waals surface area (Å²) >= 11 is 0. The van der Waals surface area contributed by atoms with Crippen molar-refractivity contribution in [3.05, 3.63) is 140 Å². The van der Waals surface area contributed by atoms with Crippen molar-refractivity contribution in [1.82, 2.24) is 0 Å². The van der Waals surface area contributed by atoms with Crippen molar-refractivity contribution in [1.29, 1.82) is 0 Å². The lowest BCUT2D eigenvalue weighted by Crippen LogP contribution is -1.99. The van der Waals surface area contributed by atoms with Gasteiger partial charge in [-0.15, -0.1) is 0 Å². The Morgan fingerprint density at radius 1 is 0.184 bits per heavy atom. The van der Waals surface area contributed by atoms with Gasteiger partial charge in [-0.3, -0.25) is 0 Å². The van der Waals surface area contributed by atoms with Gasteiger partial charge in [0.1, 0.15) is 0 Å². The first kappa shape index (κ1) is 24.7. The fourth-order valence-corrected chi connectivity index (χ4v) is 10.4. The van der Waals surface area contributed by atoms with Crippen LogP contribution in [0.3, 0.4) is 0 Å². The minimum Gasteiger partial charge on any atom is -0.398 e. The molecule has 13 aromatic rings. The van der Waals surface area contributed by atoms with Crippen LogP contribution in [0.2, 0.25) is 0 Å². The largest absolute Gasteiger partial charge is 0.398 e. The van der Waals surface area contributed by atoms with E-state index in [0.717, 1.165) is 11.1 Å². The first-order valence-electron chi connectivity index (χ1n) is 17.2. The molecular weight excluding hydrogens is 591 g/mol. The van der Waals surface area contributed by atoms with Crippen LogP contribution in [0, 0.1) is 0 Å². The van der Waals surface area contributed by atoms with Crippen LogP contribution in [0.1, 0.15) is 0 Å². The summed E-state index contributed by atoms with van der Waals surface area (Å²) in [4.78, 5) is 0. The van der Waals surface area contributed by atoms with Gasteiger partial charge in [0, 0.05) is 21.8 Å². The summed E-state index contributed by atoms with van der Waals surface area (Å²) in [7, 11) is 0. The Morgan fingerprint density at radius 2 is 0.408 bits per heavy atom. The number of hydrogen-bond donors (Lipinski definition) is 1. The molecular formula is C48H25N. The highest BCUT2D eigenvalue weighted by molar-refractivity contribution is 6.61. The molecule has 2 N–H and O–H groups in total. The van der Waals surface area contributed by atoms with Gasteiger partial charge in [0.25, 0.3) is 0 Å². The van der Waals surface area contributed by atoms with E-state index in [2.05, 4.69) is 140 Å². The third kappa shape index (κ3) is 2.59. The number of anilines is 1. The maximum absolute atomic E-state index is 7.11. The van der Waals surface area contributed by atoms with Gasteiger partial charge in [-0.2, -0.15) is 0 Å². The minimum absolute atomic E-state index is 0.832. The highest BCUT2D eigenvalue weighted by Crippen LogP contribution is 2.59. The summed E-state index contributed by atoms with van der Waals surface area (Å²) < 4.78 is 0. The molecule has 222 valence electrons. The van der Waals surface area contributed by atoms with E-state index in [1.807, 2.05) is 0 Å². The van der Waals surface area contributed by atoms with Gasteiger partial charge in [-0.1, -0.05) is 133 Å². The van der Waals surface area contributed by atoms with Crippen molar-refractivity contribution in [2.45, 2.75) is 0 Å². The van der Waals surface area contributed by atoms with E-state index < -0.39 is 0 Å². The molecule has 0 unspecified atom stereocenters. The smallest absolute Gasteiger partial charge is 0.0400 e. The number of fused-ring (bicyclic) bond motifs is 18. The lowest BCUT2D eigenvalue weighted by atomic mass is 9.74. The van der Waals surface area contributed by atoms with E-state index in [0.29, 0.717) is 0 Å². The molecule has 0 atom stereocenters. The summed E-state index contributed by atoms with van der Waals surface area (Å²) in [5.41, 5.74) is 7.94. The molecule has 0 aromatic heterocycles. The van der Waals surface area contributed by atoms with Gasteiger partial charge >= 0.3 is 0 Å². The Labute approximate surface area is 279 Å². The Bertz CT molecular complexity index is 3490. The van der Waals surface area contributed by atoms with Crippen molar-refractivity contribution in [3.63, 3.8) is 0 Å². The molecule has 0 saturated heterocycles. The first-order valence-corrected chi connectivity index (χ1v) is 17.2. The zero-order chi connectivity index (χ0) is 31.7. The molecule has 0 spiro atoms. The van der Waals surface area contributed by atoms with Crippen molar-refractivity contribution in [2.24, 2.45) is 0 Å². The van der Waals surface area contributed by atoms with Crippen LogP contribution in [-0.4, -0.2) is 0 Å². The average Bonchev–Trinajstić information content (AvgIpc) is 3.16. The van der Waals surface area contributed by atoms with Crippen LogP contribution in [-0.2, 0) is 0 Å². The van der Waals surface area contributed by atoms with E-state index in [-0.39, 0.29) is 0 Å². The molecule has 13 aromatic carbocycles. The van der Waals surface area contributed by atoms with Crippen LogP contribution in [0.15, 0.2) is 140 Å². The molecule has 0 aliphatic heterocycles. The number of hydrogen-bond acceptors (Lipinski definition) is 1. The summed E-state index contributed by atoms with van der Waals surface area (Å²) in [6.45, 7) is 0. The van der Waals surface area contributed by atoms with E-state index in [4.69, 9.17) is 5.73 Å². The number of rotatable bonds is 0. The van der Waals surface area contributed by atoms with Crippen molar-refractivity contribution in [3.8, 4) is 0 Å². The Balaban J connectivity index is 1.62. The summed E-state index contributed by atoms with van der Waals surface area (Å²) in [5, 5.41) is 31.7. The van der Waals surface area contributed by atoms with Crippen molar-refractivity contribution >= 4 is 135 Å². The van der Waals surface area contributed by atoms with Gasteiger partial charge < -0.3 is 5.73 Å². The molecule has 0 bridgehead atoms. The molecule has 0 saturated carbocycles. The van der Waals surface area contributed by atoms with Gasteiger partial charge in [0.2, 0.25) is 0 Å². The van der Waals surface area contributed by atoms with Gasteiger partial charge in [-0.05, 0) is 119 Å². The lowest BCUT2D eigenvalue weighted by Gasteiger charge is -2.28. The second kappa shape index (κ2) is 8.16. The normalized spacial score (nSPS) is 13.0. The Kier molecular flexibility index (Phi) is 4.11. The highest BCUT2D eigenvalue weighted by atomic mass is 14.6. The fourth-order valence-electron chi connectivity index (χ4n) is 10.4.